The van der Waals surface area contributed by atoms with Gasteiger partial charge in [0.15, 0.2) is 0 Å². The Kier molecular flexibility index (Phi) is 2.70. The summed E-state index contributed by atoms with van der Waals surface area (Å²) in [5, 5.41) is 12.4. The fourth-order valence-corrected chi connectivity index (χ4v) is 2.23. The highest BCUT2D eigenvalue weighted by molar-refractivity contribution is 5.57. The Balaban J connectivity index is 1.72. The van der Waals surface area contributed by atoms with Gasteiger partial charge in [-0.2, -0.15) is 5.26 Å². The maximum atomic E-state index is 9.02. The summed E-state index contributed by atoms with van der Waals surface area (Å²) in [4.78, 5) is 4.06. The van der Waals surface area contributed by atoms with Crippen molar-refractivity contribution in [3.63, 3.8) is 0 Å². The van der Waals surface area contributed by atoms with E-state index in [0.29, 0.717) is 17.5 Å². The molecule has 18 heavy (non-hydrogen) atoms. The number of hydrogen-bond donors (Lipinski definition) is 1. The third-order valence-electron chi connectivity index (χ3n) is 3.30. The molecule has 88 valence electrons. The Bertz CT molecular complexity index is 586. The first-order valence-electron chi connectivity index (χ1n) is 6.04. The second-order valence-electron chi connectivity index (χ2n) is 4.54. The zero-order valence-electron chi connectivity index (χ0n) is 9.88. The Morgan fingerprint density at radius 1 is 1.22 bits per heavy atom. The van der Waals surface area contributed by atoms with Gasteiger partial charge in [-0.1, -0.05) is 30.3 Å². The van der Waals surface area contributed by atoms with Crippen LogP contribution in [0.3, 0.4) is 0 Å². The van der Waals surface area contributed by atoms with Crippen molar-refractivity contribution in [3.05, 3.63) is 59.9 Å². The third kappa shape index (κ3) is 2.05. The van der Waals surface area contributed by atoms with Crippen LogP contribution in [-0.2, 0) is 0 Å². The number of nitriles is 1. The van der Waals surface area contributed by atoms with Gasteiger partial charge < -0.3 is 5.32 Å². The Labute approximate surface area is 106 Å². The van der Waals surface area contributed by atoms with Crippen LogP contribution in [0.1, 0.15) is 23.5 Å². The first-order chi connectivity index (χ1) is 8.88. The van der Waals surface area contributed by atoms with Crippen LogP contribution in [0, 0.1) is 11.3 Å². The standard InChI is InChI=1S/C15H13N3/c16-9-12-6-7-17-10-15(12)18-14-8-13(14)11-4-2-1-3-5-11/h1-7,10,13-14,18H,8H2. The van der Waals surface area contributed by atoms with Gasteiger partial charge in [-0.3, -0.25) is 4.98 Å². The van der Waals surface area contributed by atoms with Crippen LogP contribution in [0.25, 0.3) is 0 Å². The molecule has 1 saturated carbocycles. The summed E-state index contributed by atoms with van der Waals surface area (Å²) < 4.78 is 0. The molecule has 1 aliphatic carbocycles. The lowest BCUT2D eigenvalue weighted by Gasteiger charge is -2.06. The molecular formula is C15H13N3. The average molecular weight is 235 g/mol. The quantitative estimate of drug-likeness (QED) is 0.889. The third-order valence-corrected chi connectivity index (χ3v) is 3.30. The van der Waals surface area contributed by atoms with Crippen LogP contribution < -0.4 is 5.32 Å². The molecule has 0 amide bonds. The Morgan fingerprint density at radius 2 is 2.06 bits per heavy atom. The smallest absolute Gasteiger partial charge is 0.101 e. The highest BCUT2D eigenvalue weighted by Crippen LogP contribution is 2.42. The van der Waals surface area contributed by atoms with Gasteiger partial charge >= 0.3 is 0 Å². The van der Waals surface area contributed by atoms with E-state index in [2.05, 4.69) is 40.6 Å². The van der Waals surface area contributed by atoms with Crippen molar-refractivity contribution in [1.29, 1.82) is 5.26 Å². The summed E-state index contributed by atoms with van der Waals surface area (Å²) in [5.74, 6) is 0.554. The molecule has 2 unspecified atom stereocenters. The number of aromatic nitrogens is 1. The first-order valence-corrected chi connectivity index (χ1v) is 6.04. The largest absolute Gasteiger partial charge is 0.379 e. The fraction of sp³-hybridized carbons (Fsp3) is 0.200. The molecule has 1 fully saturated rings. The SMILES string of the molecule is N#Cc1ccncc1NC1CC1c1ccccc1. The monoisotopic (exact) mass is 235 g/mol. The lowest BCUT2D eigenvalue weighted by Crippen LogP contribution is -2.06. The number of anilines is 1. The predicted molar refractivity (Wildman–Crippen MR) is 70.2 cm³/mol. The highest BCUT2D eigenvalue weighted by atomic mass is 15.0. The number of nitrogens with one attached hydrogen (secondary N) is 1. The van der Waals surface area contributed by atoms with Gasteiger partial charge in [0.05, 0.1) is 17.4 Å². The molecule has 1 N–H and O–H groups in total. The van der Waals surface area contributed by atoms with E-state index in [9.17, 15) is 0 Å². The highest BCUT2D eigenvalue weighted by Gasteiger charge is 2.38. The van der Waals surface area contributed by atoms with E-state index in [1.807, 2.05) is 6.07 Å². The summed E-state index contributed by atoms with van der Waals surface area (Å²) in [5.41, 5.74) is 2.85. The lowest BCUT2D eigenvalue weighted by atomic mass is 10.1. The summed E-state index contributed by atoms with van der Waals surface area (Å²) in [6, 6.07) is 14.8. The van der Waals surface area contributed by atoms with Crippen molar-refractivity contribution in [1.82, 2.24) is 4.98 Å². The Hall–Kier alpha value is -2.34. The number of benzene rings is 1. The number of pyridine rings is 1. The summed E-state index contributed by atoms with van der Waals surface area (Å²) in [7, 11) is 0. The lowest BCUT2D eigenvalue weighted by molar-refractivity contribution is 1.04. The van der Waals surface area contributed by atoms with Crippen molar-refractivity contribution in [2.24, 2.45) is 0 Å². The van der Waals surface area contributed by atoms with E-state index in [0.717, 1.165) is 12.1 Å². The minimum absolute atomic E-state index is 0.420. The van der Waals surface area contributed by atoms with Crippen LogP contribution in [0.15, 0.2) is 48.8 Å². The van der Waals surface area contributed by atoms with Crippen molar-refractivity contribution in [2.45, 2.75) is 18.4 Å². The van der Waals surface area contributed by atoms with E-state index in [-0.39, 0.29) is 0 Å². The van der Waals surface area contributed by atoms with E-state index in [4.69, 9.17) is 5.26 Å². The first kappa shape index (κ1) is 10.8. The van der Waals surface area contributed by atoms with E-state index >= 15 is 0 Å². The van der Waals surface area contributed by atoms with Crippen LogP contribution in [0.5, 0.6) is 0 Å². The minimum atomic E-state index is 0.420. The molecule has 0 bridgehead atoms. The van der Waals surface area contributed by atoms with Crippen molar-refractivity contribution in [2.75, 3.05) is 5.32 Å². The van der Waals surface area contributed by atoms with E-state index in [1.54, 1.807) is 18.5 Å². The molecule has 0 saturated heterocycles. The molecule has 0 spiro atoms. The molecule has 0 radical (unpaired) electrons. The summed E-state index contributed by atoms with van der Waals surface area (Å²) in [6.07, 6.45) is 4.48. The molecule has 1 aromatic heterocycles. The minimum Gasteiger partial charge on any atom is -0.379 e. The van der Waals surface area contributed by atoms with Gasteiger partial charge in [-0.15, -0.1) is 0 Å². The zero-order valence-corrected chi connectivity index (χ0v) is 9.88. The number of rotatable bonds is 3. The maximum absolute atomic E-state index is 9.02. The molecule has 1 heterocycles. The van der Waals surface area contributed by atoms with E-state index in [1.165, 1.54) is 5.56 Å². The van der Waals surface area contributed by atoms with Gasteiger partial charge in [0.25, 0.3) is 0 Å². The van der Waals surface area contributed by atoms with Crippen LogP contribution in [-0.4, -0.2) is 11.0 Å². The van der Waals surface area contributed by atoms with Crippen LogP contribution >= 0.6 is 0 Å². The maximum Gasteiger partial charge on any atom is 0.101 e. The van der Waals surface area contributed by atoms with E-state index < -0.39 is 0 Å². The summed E-state index contributed by atoms with van der Waals surface area (Å²) >= 11 is 0. The van der Waals surface area contributed by atoms with Crippen LogP contribution in [0.4, 0.5) is 5.69 Å². The van der Waals surface area contributed by atoms with Gasteiger partial charge in [-0.25, -0.2) is 0 Å². The van der Waals surface area contributed by atoms with Crippen LogP contribution in [0.2, 0.25) is 0 Å². The molecule has 3 nitrogen and oxygen atoms in total. The molecule has 2 aromatic rings. The van der Waals surface area contributed by atoms with Gasteiger partial charge in [0.2, 0.25) is 0 Å². The Morgan fingerprint density at radius 3 is 2.83 bits per heavy atom. The molecule has 3 heteroatoms. The number of hydrogen-bond acceptors (Lipinski definition) is 3. The second kappa shape index (κ2) is 4.50. The average Bonchev–Trinajstić information content (AvgIpc) is 3.20. The number of nitrogens with zero attached hydrogens (tertiary/aromatic N) is 2. The molecule has 3 rings (SSSR count). The molecule has 1 aliphatic rings. The fourth-order valence-electron chi connectivity index (χ4n) is 2.23. The second-order valence-corrected chi connectivity index (χ2v) is 4.54. The normalized spacial score (nSPS) is 21.1. The molecule has 0 aliphatic heterocycles. The topological polar surface area (TPSA) is 48.7 Å². The van der Waals surface area contributed by atoms with Gasteiger partial charge in [0.1, 0.15) is 6.07 Å². The van der Waals surface area contributed by atoms with Gasteiger partial charge in [0, 0.05) is 18.2 Å². The van der Waals surface area contributed by atoms with Crippen molar-refractivity contribution in [3.8, 4) is 6.07 Å². The molecule has 1 aromatic carbocycles. The zero-order chi connectivity index (χ0) is 12.4. The predicted octanol–water partition coefficient (Wildman–Crippen LogP) is 2.92. The van der Waals surface area contributed by atoms with Crippen molar-refractivity contribution >= 4 is 5.69 Å². The van der Waals surface area contributed by atoms with Gasteiger partial charge in [-0.05, 0) is 18.1 Å². The van der Waals surface area contributed by atoms with Crippen molar-refractivity contribution < 1.29 is 0 Å². The molecule has 2 atom stereocenters. The summed E-state index contributed by atoms with van der Waals surface area (Å²) in [6.45, 7) is 0. The molecular weight excluding hydrogens is 222 g/mol.